The summed E-state index contributed by atoms with van der Waals surface area (Å²) in [6, 6.07) is 4.25. The quantitative estimate of drug-likeness (QED) is 0.838. The van der Waals surface area contributed by atoms with E-state index in [1.165, 1.54) is 18.4 Å². The first-order chi connectivity index (χ1) is 9.92. The number of anilines is 1. The normalized spacial score (nSPS) is 10.8. The molecule has 1 aromatic carbocycles. The summed E-state index contributed by atoms with van der Waals surface area (Å²) in [4.78, 5) is 3.79. The maximum Gasteiger partial charge on any atom is 0.309 e. The van der Waals surface area contributed by atoms with Gasteiger partial charge in [-0.05, 0) is 25.1 Å². The Labute approximate surface area is 127 Å². The van der Waals surface area contributed by atoms with Gasteiger partial charge >= 0.3 is 6.01 Å². The Hall–Kier alpha value is -2.01. The van der Waals surface area contributed by atoms with Crippen LogP contribution in [0.5, 0.6) is 0 Å². The summed E-state index contributed by atoms with van der Waals surface area (Å²) >= 11 is 6.00. The highest BCUT2D eigenvalue weighted by Gasteiger charge is 2.20. The van der Waals surface area contributed by atoms with Gasteiger partial charge in [0.25, 0.3) is 10.0 Å². The van der Waals surface area contributed by atoms with Crippen LogP contribution in [-0.2, 0) is 10.0 Å². The molecule has 6 nitrogen and oxygen atoms in total. The van der Waals surface area contributed by atoms with Crippen LogP contribution >= 0.6 is 11.6 Å². The number of hydrogen-bond acceptors (Lipinski definition) is 5. The van der Waals surface area contributed by atoms with Crippen molar-refractivity contribution >= 4 is 27.6 Å². The number of hydrogen-bond donors (Lipinski definition) is 2. The van der Waals surface area contributed by atoms with Gasteiger partial charge in [0.1, 0.15) is 11.2 Å². The summed E-state index contributed by atoms with van der Waals surface area (Å²) in [6.07, 6.45) is 1.34. The zero-order chi connectivity index (χ0) is 15.5. The Morgan fingerprint density at radius 3 is 2.81 bits per heavy atom. The third kappa shape index (κ3) is 3.76. The molecule has 0 aliphatic rings. The number of oxazole rings is 1. The lowest BCUT2D eigenvalue weighted by Crippen LogP contribution is -2.13. The number of nitrogens with one attached hydrogen (secondary N) is 1. The Kier molecular flexibility index (Phi) is 4.53. The molecule has 0 bridgehead atoms. The molecule has 8 heteroatoms. The van der Waals surface area contributed by atoms with Gasteiger partial charge < -0.3 is 10.2 Å². The topological polar surface area (TPSA) is 98.2 Å². The SMILES string of the molecule is Cc1coc(NS(=O)(=O)c2ccc(C#CCN)cc2Cl)n1. The molecule has 0 fully saturated rings. The molecule has 0 unspecified atom stereocenters. The van der Waals surface area contributed by atoms with E-state index >= 15 is 0 Å². The summed E-state index contributed by atoms with van der Waals surface area (Å²) in [6.45, 7) is 1.89. The molecular formula is C13H12ClN3O3S. The number of nitrogens with two attached hydrogens (primary N) is 1. The summed E-state index contributed by atoms with van der Waals surface area (Å²) in [5.74, 6) is 5.43. The molecule has 3 N–H and O–H groups in total. The number of sulfonamides is 1. The molecular weight excluding hydrogens is 314 g/mol. The first-order valence-corrected chi connectivity index (χ1v) is 7.72. The summed E-state index contributed by atoms with van der Waals surface area (Å²) < 4.78 is 31.6. The van der Waals surface area contributed by atoms with Gasteiger partial charge in [0.05, 0.1) is 17.3 Å². The van der Waals surface area contributed by atoms with Gasteiger partial charge in [-0.15, -0.1) is 0 Å². The Bertz CT molecular complexity index is 819. The predicted octanol–water partition coefficient (Wildman–Crippen LogP) is 1.75. The van der Waals surface area contributed by atoms with E-state index in [1.807, 2.05) is 0 Å². The van der Waals surface area contributed by atoms with Crippen LogP contribution < -0.4 is 10.5 Å². The van der Waals surface area contributed by atoms with Crippen molar-refractivity contribution in [1.82, 2.24) is 4.98 Å². The fourth-order valence-corrected chi connectivity index (χ4v) is 3.00. The second-order valence-corrected chi connectivity index (χ2v) is 6.11. The van der Waals surface area contributed by atoms with Crippen LogP contribution in [0.25, 0.3) is 0 Å². The molecule has 0 amide bonds. The molecule has 110 valence electrons. The third-order valence-electron chi connectivity index (χ3n) is 2.40. The van der Waals surface area contributed by atoms with Crippen LogP contribution in [0.1, 0.15) is 11.3 Å². The second kappa shape index (κ2) is 6.18. The van der Waals surface area contributed by atoms with Crippen molar-refractivity contribution in [3.63, 3.8) is 0 Å². The Morgan fingerprint density at radius 2 is 2.24 bits per heavy atom. The molecule has 0 radical (unpaired) electrons. The maximum absolute atomic E-state index is 12.2. The largest absolute Gasteiger partial charge is 0.431 e. The van der Waals surface area contributed by atoms with Crippen molar-refractivity contribution in [2.45, 2.75) is 11.8 Å². The number of benzene rings is 1. The predicted molar refractivity (Wildman–Crippen MR) is 79.4 cm³/mol. The minimum absolute atomic E-state index is 0.0506. The van der Waals surface area contributed by atoms with E-state index in [4.69, 9.17) is 21.8 Å². The number of nitrogens with zero attached hydrogens (tertiary/aromatic N) is 1. The van der Waals surface area contributed by atoms with Crippen molar-refractivity contribution in [2.75, 3.05) is 11.3 Å². The number of halogens is 1. The molecule has 0 aliphatic carbocycles. The van der Waals surface area contributed by atoms with Crippen molar-refractivity contribution in [2.24, 2.45) is 5.73 Å². The number of aryl methyl sites for hydroxylation is 1. The van der Waals surface area contributed by atoms with Crippen LogP contribution in [0.15, 0.2) is 33.8 Å². The Morgan fingerprint density at radius 1 is 1.48 bits per heavy atom. The molecule has 0 saturated heterocycles. The zero-order valence-electron chi connectivity index (χ0n) is 11.1. The van der Waals surface area contributed by atoms with Gasteiger partial charge in [-0.1, -0.05) is 23.4 Å². The molecule has 21 heavy (non-hydrogen) atoms. The first-order valence-electron chi connectivity index (χ1n) is 5.86. The number of rotatable bonds is 3. The minimum atomic E-state index is -3.88. The van der Waals surface area contributed by atoms with Crippen LogP contribution in [-0.4, -0.2) is 19.9 Å². The summed E-state index contributed by atoms with van der Waals surface area (Å²) in [5, 5.41) is 0.0506. The van der Waals surface area contributed by atoms with Gasteiger partial charge in [-0.25, -0.2) is 13.1 Å². The lowest BCUT2D eigenvalue weighted by Gasteiger charge is -2.06. The first kappa shape index (κ1) is 15.4. The molecule has 0 spiro atoms. The van der Waals surface area contributed by atoms with Gasteiger partial charge in [0.2, 0.25) is 0 Å². The van der Waals surface area contributed by atoms with Crippen LogP contribution in [0.2, 0.25) is 5.02 Å². The number of aromatic nitrogens is 1. The van der Waals surface area contributed by atoms with E-state index in [0.29, 0.717) is 11.3 Å². The lowest BCUT2D eigenvalue weighted by atomic mass is 10.2. The third-order valence-corrected chi connectivity index (χ3v) is 4.20. The van der Waals surface area contributed by atoms with E-state index in [9.17, 15) is 8.42 Å². The van der Waals surface area contributed by atoms with E-state index in [0.717, 1.165) is 0 Å². The Balaban J connectivity index is 2.32. The second-order valence-electron chi connectivity index (χ2n) is 4.05. The summed E-state index contributed by atoms with van der Waals surface area (Å²) in [7, 11) is -3.88. The standard InChI is InChI=1S/C13H12ClN3O3S/c1-9-8-20-13(16-9)17-21(18,19)12-5-4-10(3-2-6-15)7-11(12)14/h4-5,7-8H,6,15H2,1H3,(H,16,17). The van der Waals surface area contributed by atoms with Crippen LogP contribution in [0.4, 0.5) is 6.01 Å². The molecule has 0 aliphatic heterocycles. The average Bonchev–Trinajstić information content (AvgIpc) is 2.80. The minimum Gasteiger partial charge on any atom is -0.431 e. The van der Waals surface area contributed by atoms with Gasteiger partial charge in [-0.2, -0.15) is 4.98 Å². The van der Waals surface area contributed by atoms with Gasteiger partial charge in [0, 0.05) is 5.56 Å². The molecule has 2 rings (SSSR count). The van der Waals surface area contributed by atoms with E-state index in [1.54, 1.807) is 13.0 Å². The summed E-state index contributed by atoms with van der Waals surface area (Å²) in [5.41, 5.74) is 6.41. The molecule has 0 saturated carbocycles. The molecule has 2 aromatic rings. The van der Waals surface area contributed by atoms with Crippen LogP contribution in [0, 0.1) is 18.8 Å². The van der Waals surface area contributed by atoms with Crippen LogP contribution in [0.3, 0.4) is 0 Å². The molecule has 1 aromatic heterocycles. The monoisotopic (exact) mass is 325 g/mol. The van der Waals surface area contributed by atoms with E-state index in [2.05, 4.69) is 21.5 Å². The van der Waals surface area contributed by atoms with Gasteiger partial charge in [-0.3, -0.25) is 0 Å². The molecule has 1 heterocycles. The smallest absolute Gasteiger partial charge is 0.309 e. The van der Waals surface area contributed by atoms with E-state index < -0.39 is 10.0 Å². The highest BCUT2D eigenvalue weighted by atomic mass is 35.5. The zero-order valence-corrected chi connectivity index (χ0v) is 12.6. The van der Waals surface area contributed by atoms with Crippen molar-refractivity contribution in [1.29, 1.82) is 0 Å². The van der Waals surface area contributed by atoms with Gasteiger partial charge in [0.15, 0.2) is 0 Å². The molecule has 0 atom stereocenters. The maximum atomic E-state index is 12.2. The highest BCUT2D eigenvalue weighted by Crippen LogP contribution is 2.24. The van der Waals surface area contributed by atoms with Crippen molar-refractivity contribution in [3.05, 3.63) is 40.7 Å². The van der Waals surface area contributed by atoms with Crippen molar-refractivity contribution < 1.29 is 12.8 Å². The van der Waals surface area contributed by atoms with E-state index in [-0.39, 0.29) is 22.5 Å². The van der Waals surface area contributed by atoms with Crippen molar-refractivity contribution in [3.8, 4) is 11.8 Å². The lowest BCUT2D eigenvalue weighted by molar-refractivity contribution is 0.569. The fourth-order valence-electron chi connectivity index (χ4n) is 1.52. The average molecular weight is 326 g/mol. The highest BCUT2D eigenvalue weighted by molar-refractivity contribution is 7.92. The fraction of sp³-hybridized carbons (Fsp3) is 0.154.